The Balaban J connectivity index is 1.47. The minimum absolute atomic E-state index is 0.0572. The van der Waals surface area contributed by atoms with Crippen molar-refractivity contribution in [1.29, 1.82) is 0 Å². The highest BCUT2D eigenvalue weighted by molar-refractivity contribution is 5.95. The number of rotatable bonds is 4. The number of benzene rings is 2. The SMILES string of the molecule is O=C1COC(COc2cccc3cccnc23)CN1c1cccc(F)c1. The maximum Gasteiger partial charge on any atom is 0.253 e. The summed E-state index contributed by atoms with van der Waals surface area (Å²) in [7, 11) is 0. The van der Waals surface area contributed by atoms with Crippen LogP contribution in [0.15, 0.2) is 60.8 Å². The van der Waals surface area contributed by atoms with Crippen LogP contribution >= 0.6 is 0 Å². The molecule has 2 heterocycles. The largest absolute Gasteiger partial charge is 0.489 e. The molecule has 0 bridgehead atoms. The predicted octanol–water partition coefficient (Wildman–Crippen LogP) is 3.18. The molecule has 1 atom stereocenters. The van der Waals surface area contributed by atoms with Crippen LogP contribution in [0.4, 0.5) is 10.1 Å². The van der Waals surface area contributed by atoms with E-state index >= 15 is 0 Å². The Morgan fingerprint density at radius 1 is 1.19 bits per heavy atom. The lowest BCUT2D eigenvalue weighted by Gasteiger charge is -2.32. The van der Waals surface area contributed by atoms with Crippen LogP contribution in [-0.4, -0.2) is 36.8 Å². The third-order valence-electron chi connectivity index (χ3n) is 4.27. The second-order valence-corrected chi connectivity index (χ2v) is 6.06. The summed E-state index contributed by atoms with van der Waals surface area (Å²) in [6, 6.07) is 15.6. The second-order valence-electron chi connectivity index (χ2n) is 6.06. The first kappa shape index (κ1) is 16.5. The molecule has 1 amide bonds. The molecule has 4 rings (SSSR count). The van der Waals surface area contributed by atoms with Crippen molar-refractivity contribution >= 4 is 22.5 Å². The van der Waals surface area contributed by atoms with E-state index in [0.717, 1.165) is 10.9 Å². The standard InChI is InChI=1S/C20H17FN2O3/c21-15-6-2-7-16(10-15)23-11-17(25-13-19(23)24)12-26-18-8-1-4-14-5-3-9-22-20(14)18/h1-10,17H,11-13H2. The third kappa shape index (κ3) is 3.36. The molecule has 0 N–H and O–H groups in total. The van der Waals surface area contributed by atoms with Crippen LogP contribution in [0.25, 0.3) is 10.9 Å². The number of hydrogen-bond acceptors (Lipinski definition) is 4. The van der Waals surface area contributed by atoms with Gasteiger partial charge in [-0.1, -0.05) is 24.3 Å². The molecule has 1 saturated heterocycles. The summed E-state index contributed by atoms with van der Waals surface area (Å²) in [6.07, 6.45) is 1.41. The Kier molecular flexibility index (Phi) is 4.50. The van der Waals surface area contributed by atoms with Crippen LogP contribution < -0.4 is 9.64 Å². The Labute approximate surface area is 150 Å². The van der Waals surface area contributed by atoms with Crippen molar-refractivity contribution in [2.24, 2.45) is 0 Å². The second kappa shape index (κ2) is 7.09. The number of anilines is 1. The van der Waals surface area contributed by atoms with E-state index in [1.807, 2.05) is 30.3 Å². The number of halogens is 1. The third-order valence-corrected chi connectivity index (χ3v) is 4.27. The molecular formula is C20H17FN2O3. The van der Waals surface area contributed by atoms with E-state index in [4.69, 9.17) is 9.47 Å². The fourth-order valence-electron chi connectivity index (χ4n) is 2.99. The lowest BCUT2D eigenvalue weighted by atomic mass is 10.2. The molecule has 3 aromatic rings. The fraction of sp³-hybridized carbons (Fsp3) is 0.200. The van der Waals surface area contributed by atoms with Gasteiger partial charge in [-0.3, -0.25) is 9.78 Å². The minimum Gasteiger partial charge on any atom is -0.489 e. The molecule has 0 spiro atoms. The number of aromatic nitrogens is 1. The van der Waals surface area contributed by atoms with Crippen molar-refractivity contribution in [3.63, 3.8) is 0 Å². The number of hydrogen-bond donors (Lipinski definition) is 0. The Morgan fingerprint density at radius 3 is 2.92 bits per heavy atom. The first-order valence-corrected chi connectivity index (χ1v) is 8.35. The summed E-state index contributed by atoms with van der Waals surface area (Å²) in [5.74, 6) is 0.0935. The first-order chi connectivity index (χ1) is 12.7. The van der Waals surface area contributed by atoms with Gasteiger partial charge in [-0.25, -0.2) is 4.39 Å². The summed E-state index contributed by atoms with van der Waals surface area (Å²) in [4.78, 5) is 18.0. The van der Waals surface area contributed by atoms with Gasteiger partial charge in [0.1, 0.15) is 36.4 Å². The van der Waals surface area contributed by atoms with Crippen molar-refractivity contribution in [2.75, 3.05) is 24.7 Å². The maximum atomic E-state index is 13.5. The lowest BCUT2D eigenvalue weighted by molar-refractivity contribution is -0.130. The van der Waals surface area contributed by atoms with Gasteiger partial charge in [0.25, 0.3) is 5.91 Å². The first-order valence-electron chi connectivity index (χ1n) is 8.35. The molecule has 2 aromatic carbocycles. The average Bonchev–Trinajstić information content (AvgIpc) is 2.67. The van der Waals surface area contributed by atoms with Gasteiger partial charge in [0.2, 0.25) is 0 Å². The van der Waals surface area contributed by atoms with E-state index in [9.17, 15) is 9.18 Å². The Bertz CT molecular complexity index is 942. The highest BCUT2D eigenvalue weighted by atomic mass is 19.1. The molecule has 1 aliphatic rings. The van der Waals surface area contributed by atoms with Crippen molar-refractivity contribution in [1.82, 2.24) is 4.98 Å². The van der Waals surface area contributed by atoms with Gasteiger partial charge >= 0.3 is 0 Å². The molecular weight excluding hydrogens is 335 g/mol. The number of nitrogens with zero attached hydrogens (tertiary/aromatic N) is 2. The number of carbonyl (C=O) groups excluding carboxylic acids is 1. The quantitative estimate of drug-likeness (QED) is 0.724. The molecule has 1 unspecified atom stereocenters. The van der Waals surface area contributed by atoms with Crippen molar-refractivity contribution in [3.05, 3.63) is 66.6 Å². The van der Waals surface area contributed by atoms with Gasteiger partial charge in [0.05, 0.1) is 6.54 Å². The van der Waals surface area contributed by atoms with Gasteiger partial charge < -0.3 is 14.4 Å². The van der Waals surface area contributed by atoms with E-state index in [2.05, 4.69) is 4.98 Å². The van der Waals surface area contributed by atoms with E-state index in [1.54, 1.807) is 18.3 Å². The summed E-state index contributed by atoms with van der Waals surface area (Å²) in [5, 5.41) is 0.992. The molecule has 5 nitrogen and oxygen atoms in total. The monoisotopic (exact) mass is 352 g/mol. The molecule has 132 valence electrons. The van der Waals surface area contributed by atoms with Crippen LogP contribution in [0, 0.1) is 5.82 Å². The smallest absolute Gasteiger partial charge is 0.253 e. The van der Waals surface area contributed by atoms with E-state index < -0.39 is 0 Å². The van der Waals surface area contributed by atoms with Crippen molar-refractivity contribution < 1.29 is 18.7 Å². The number of amides is 1. The molecule has 1 aliphatic heterocycles. The molecule has 6 heteroatoms. The van der Waals surface area contributed by atoms with E-state index in [1.165, 1.54) is 17.0 Å². The maximum absolute atomic E-state index is 13.5. The van der Waals surface area contributed by atoms with Gasteiger partial charge in [0, 0.05) is 17.3 Å². The van der Waals surface area contributed by atoms with E-state index in [0.29, 0.717) is 18.0 Å². The molecule has 1 fully saturated rings. The van der Waals surface area contributed by atoms with Crippen LogP contribution in [0.5, 0.6) is 5.75 Å². The number of fused-ring (bicyclic) bond motifs is 1. The summed E-state index contributed by atoms with van der Waals surface area (Å²) < 4.78 is 24.9. The van der Waals surface area contributed by atoms with Gasteiger partial charge in [0.15, 0.2) is 0 Å². The zero-order valence-electron chi connectivity index (χ0n) is 14.0. The minimum atomic E-state index is -0.378. The van der Waals surface area contributed by atoms with Gasteiger partial charge in [-0.15, -0.1) is 0 Å². The Morgan fingerprint density at radius 2 is 2.04 bits per heavy atom. The van der Waals surface area contributed by atoms with Crippen LogP contribution in [-0.2, 0) is 9.53 Å². The fourth-order valence-corrected chi connectivity index (χ4v) is 2.99. The van der Waals surface area contributed by atoms with E-state index in [-0.39, 0.29) is 31.0 Å². The topological polar surface area (TPSA) is 51.7 Å². The predicted molar refractivity (Wildman–Crippen MR) is 95.7 cm³/mol. The van der Waals surface area contributed by atoms with Crippen molar-refractivity contribution in [3.8, 4) is 5.75 Å². The number of carbonyl (C=O) groups is 1. The van der Waals surface area contributed by atoms with Crippen molar-refractivity contribution in [2.45, 2.75) is 6.10 Å². The summed E-state index contributed by atoms with van der Waals surface area (Å²) in [5.41, 5.74) is 1.30. The molecule has 26 heavy (non-hydrogen) atoms. The van der Waals surface area contributed by atoms with Crippen LogP contribution in [0.1, 0.15) is 0 Å². The zero-order chi connectivity index (χ0) is 17.9. The highest BCUT2D eigenvalue weighted by Gasteiger charge is 2.28. The normalized spacial score (nSPS) is 17.5. The Hall–Kier alpha value is -2.99. The number of para-hydroxylation sites is 1. The number of ether oxygens (including phenoxy) is 2. The zero-order valence-corrected chi connectivity index (χ0v) is 14.0. The number of morpholine rings is 1. The number of pyridine rings is 1. The molecule has 0 saturated carbocycles. The average molecular weight is 352 g/mol. The molecule has 1 aromatic heterocycles. The van der Waals surface area contributed by atoms with Gasteiger partial charge in [-0.05, 0) is 30.3 Å². The van der Waals surface area contributed by atoms with Crippen LogP contribution in [0.2, 0.25) is 0 Å². The highest BCUT2D eigenvalue weighted by Crippen LogP contribution is 2.24. The summed E-state index contributed by atoms with van der Waals surface area (Å²) >= 11 is 0. The summed E-state index contributed by atoms with van der Waals surface area (Å²) in [6.45, 7) is 0.521. The molecule has 0 aliphatic carbocycles. The van der Waals surface area contributed by atoms with Crippen LogP contribution in [0.3, 0.4) is 0 Å². The molecule has 0 radical (unpaired) electrons. The lowest BCUT2D eigenvalue weighted by Crippen LogP contribution is -2.48. The van der Waals surface area contributed by atoms with Gasteiger partial charge in [-0.2, -0.15) is 0 Å².